The molecule has 0 amide bonds. The second kappa shape index (κ2) is 15.2. The summed E-state index contributed by atoms with van der Waals surface area (Å²) in [6.07, 6.45) is 0. The summed E-state index contributed by atoms with van der Waals surface area (Å²) in [7, 11) is 0. The lowest BCUT2D eigenvalue weighted by Crippen LogP contribution is -2.01. The normalized spacial score (nSPS) is 10.8. The van der Waals surface area contributed by atoms with E-state index in [1.165, 1.54) is 0 Å². The summed E-state index contributed by atoms with van der Waals surface area (Å²) < 4.78 is 0. The summed E-state index contributed by atoms with van der Waals surface area (Å²) in [6, 6.07) is 64.4. The molecule has 56 heavy (non-hydrogen) atoms. The van der Waals surface area contributed by atoms with Gasteiger partial charge in [-0.15, -0.1) is 0 Å². The van der Waals surface area contributed by atoms with Gasteiger partial charge in [0.2, 0.25) is 0 Å². The summed E-state index contributed by atoms with van der Waals surface area (Å²) in [5.41, 5.74) is 9.66. The van der Waals surface area contributed by atoms with Crippen LogP contribution in [0.3, 0.4) is 0 Å². The Kier molecular flexibility index (Phi) is 9.18. The molecule has 0 spiro atoms. The molecule has 0 aliphatic rings. The number of rotatable bonds is 8. The molecular weight excluding hydrogens is 687 g/mol. The van der Waals surface area contributed by atoms with Gasteiger partial charge >= 0.3 is 0 Å². The van der Waals surface area contributed by atoms with Crippen LogP contribution in [0.15, 0.2) is 188 Å². The highest BCUT2D eigenvalue weighted by atomic mass is 15.0. The zero-order valence-corrected chi connectivity index (χ0v) is 30.0. The van der Waals surface area contributed by atoms with E-state index in [-0.39, 0.29) is 0 Å². The molecule has 0 radical (unpaired) electrons. The number of aromatic nitrogens is 6. The maximum atomic E-state index is 9.97. The van der Waals surface area contributed by atoms with Gasteiger partial charge in [0.25, 0.3) is 0 Å². The highest BCUT2D eigenvalue weighted by Crippen LogP contribution is 2.32. The first-order valence-corrected chi connectivity index (χ1v) is 18.2. The van der Waals surface area contributed by atoms with E-state index in [1.54, 1.807) is 6.07 Å². The van der Waals surface area contributed by atoms with Gasteiger partial charge in [-0.05, 0) is 46.5 Å². The third-order valence-corrected chi connectivity index (χ3v) is 9.45. The molecule has 0 fully saturated rings. The van der Waals surface area contributed by atoms with Gasteiger partial charge in [0.05, 0.1) is 11.6 Å². The zero-order chi connectivity index (χ0) is 37.7. The van der Waals surface area contributed by atoms with E-state index < -0.39 is 0 Å². The van der Waals surface area contributed by atoms with Crippen molar-refractivity contribution >= 4 is 0 Å². The predicted octanol–water partition coefficient (Wildman–Crippen LogP) is 11.3. The highest BCUT2D eigenvalue weighted by Gasteiger charge is 2.17. The predicted molar refractivity (Wildman–Crippen MR) is 221 cm³/mol. The number of hydrogen-bond donors (Lipinski definition) is 0. The Morgan fingerprint density at radius 3 is 1.07 bits per heavy atom. The Morgan fingerprint density at radius 1 is 0.268 bits per heavy atom. The average Bonchev–Trinajstić information content (AvgIpc) is 3.29. The molecule has 7 heteroatoms. The van der Waals surface area contributed by atoms with Gasteiger partial charge < -0.3 is 0 Å². The Balaban J connectivity index is 1.12. The minimum Gasteiger partial charge on any atom is -0.208 e. The van der Waals surface area contributed by atoms with E-state index in [2.05, 4.69) is 54.6 Å². The number of nitrogens with zero attached hydrogens (tertiary/aromatic N) is 7. The van der Waals surface area contributed by atoms with Crippen LogP contribution in [0.5, 0.6) is 0 Å². The van der Waals surface area contributed by atoms with Crippen LogP contribution in [0.1, 0.15) is 5.56 Å². The highest BCUT2D eigenvalue weighted by molar-refractivity contribution is 5.77. The molecule has 7 nitrogen and oxygen atoms in total. The van der Waals surface area contributed by atoms with Crippen LogP contribution >= 0.6 is 0 Å². The summed E-state index contributed by atoms with van der Waals surface area (Å²) >= 11 is 0. The molecule has 9 rings (SSSR count). The minimum atomic E-state index is 0.431. The van der Waals surface area contributed by atoms with Gasteiger partial charge in [-0.25, -0.2) is 29.9 Å². The number of nitriles is 1. The van der Waals surface area contributed by atoms with Gasteiger partial charge in [0.15, 0.2) is 34.9 Å². The van der Waals surface area contributed by atoms with E-state index in [9.17, 15) is 5.26 Å². The van der Waals surface area contributed by atoms with Crippen molar-refractivity contribution in [3.63, 3.8) is 0 Å². The van der Waals surface area contributed by atoms with Crippen LogP contribution in [0.4, 0.5) is 0 Å². The van der Waals surface area contributed by atoms with Gasteiger partial charge in [-0.1, -0.05) is 164 Å². The fourth-order valence-corrected chi connectivity index (χ4v) is 6.59. The number of benzene rings is 7. The van der Waals surface area contributed by atoms with Crippen LogP contribution in [0.2, 0.25) is 0 Å². The maximum absolute atomic E-state index is 9.97. The van der Waals surface area contributed by atoms with E-state index in [0.29, 0.717) is 46.1 Å². The fourth-order valence-electron chi connectivity index (χ4n) is 6.59. The van der Waals surface area contributed by atoms with Crippen LogP contribution < -0.4 is 0 Å². The Hall–Kier alpha value is -7.95. The van der Waals surface area contributed by atoms with Gasteiger partial charge in [0, 0.05) is 33.4 Å². The van der Waals surface area contributed by atoms with Crippen molar-refractivity contribution in [3.05, 3.63) is 194 Å². The summed E-state index contributed by atoms with van der Waals surface area (Å²) in [5, 5.41) is 9.97. The van der Waals surface area contributed by atoms with Crippen LogP contribution in [0.25, 0.3) is 90.6 Å². The van der Waals surface area contributed by atoms with Crippen LogP contribution in [-0.4, -0.2) is 29.9 Å². The molecule has 0 saturated carbocycles. The van der Waals surface area contributed by atoms with Crippen molar-refractivity contribution in [2.75, 3.05) is 0 Å². The monoisotopic (exact) mass is 717 g/mol. The lowest BCUT2D eigenvalue weighted by molar-refractivity contribution is 1.07. The van der Waals surface area contributed by atoms with E-state index in [1.807, 2.05) is 133 Å². The first kappa shape index (κ1) is 33.9. The molecule has 0 aliphatic heterocycles. The van der Waals surface area contributed by atoms with Gasteiger partial charge in [-0.2, -0.15) is 5.26 Å². The van der Waals surface area contributed by atoms with Crippen molar-refractivity contribution in [1.29, 1.82) is 5.26 Å². The minimum absolute atomic E-state index is 0.431. The topological polar surface area (TPSA) is 101 Å². The molecule has 0 N–H and O–H groups in total. The lowest BCUT2D eigenvalue weighted by atomic mass is 10.00. The van der Waals surface area contributed by atoms with Crippen LogP contribution in [-0.2, 0) is 0 Å². The SMILES string of the molecule is N#Cc1ccccc1-c1nc(-c2ccc(-c3ccccc3)cc2)nc(-c2cccc(-c3cccc(-c4nc(-c5ccccc5)nc(-c5ccccc5)n4)c3)c2)n1. The summed E-state index contributed by atoms with van der Waals surface area (Å²) in [4.78, 5) is 29.6. The fraction of sp³-hybridized carbons (Fsp3) is 0. The molecule has 2 aromatic heterocycles. The molecule has 9 aromatic rings. The lowest BCUT2D eigenvalue weighted by Gasteiger charge is -2.11. The molecular formula is C49H31N7. The number of hydrogen-bond acceptors (Lipinski definition) is 7. The third-order valence-electron chi connectivity index (χ3n) is 9.45. The van der Waals surface area contributed by atoms with Crippen molar-refractivity contribution in [2.24, 2.45) is 0 Å². The molecule has 0 unspecified atom stereocenters. The molecule has 0 aliphatic carbocycles. The Morgan fingerprint density at radius 2 is 0.589 bits per heavy atom. The second-order valence-corrected chi connectivity index (χ2v) is 13.1. The zero-order valence-electron chi connectivity index (χ0n) is 30.0. The van der Waals surface area contributed by atoms with Crippen molar-refractivity contribution < 1.29 is 0 Å². The van der Waals surface area contributed by atoms with Crippen molar-refractivity contribution in [1.82, 2.24) is 29.9 Å². The Bertz CT molecular complexity index is 2790. The molecule has 2 heterocycles. The first-order chi connectivity index (χ1) is 27.7. The molecule has 0 atom stereocenters. The largest absolute Gasteiger partial charge is 0.208 e. The second-order valence-electron chi connectivity index (χ2n) is 13.1. The quantitative estimate of drug-likeness (QED) is 0.154. The van der Waals surface area contributed by atoms with E-state index in [0.717, 1.165) is 50.1 Å². The Labute approximate surface area is 324 Å². The maximum Gasteiger partial charge on any atom is 0.165 e. The third kappa shape index (κ3) is 7.06. The van der Waals surface area contributed by atoms with E-state index >= 15 is 0 Å². The van der Waals surface area contributed by atoms with Crippen molar-refractivity contribution in [3.8, 4) is 96.7 Å². The summed E-state index contributed by atoms with van der Waals surface area (Å²) in [6.45, 7) is 0. The molecule has 262 valence electrons. The summed E-state index contributed by atoms with van der Waals surface area (Å²) in [5.74, 6) is 3.24. The smallest absolute Gasteiger partial charge is 0.165 e. The molecule has 0 saturated heterocycles. The standard InChI is InChI=1S/C49H31N7/c50-32-42-20-10-11-25-43(42)49-55-46(37-28-26-34(27-29-37)33-14-4-1-5-15-33)54-48(56-49)41-24-13-22-39(31-41)38-21-12-23-40(30-38)47-52-44(35-16-6-2-7-17-35)51-45(53-47)36-18-8-3-9-19-36/h1-31H. The van der Waals surface area contributed by atoms with Gasteiger partial charge in [0.1, 0.15) is 0 Å². The average molecular weight is 718 g/mol. The van der Waals surface area contributed by atoms with Crippen molar-refractivity contribution in [2.45, 2.75) is 0 Å². The van der Waals surface area contributed by atoms with E-state index in [4.69, 9.17) is 29.9 Å². The molecule has 0 bridgehead atoms. The van der Waals surface area contributed by atoms with Gasteiger partial charge in [-0.3, -0.25) is 0 Å². The molecule has 7 aromatic carbocycles. The van der Waals surface area contributed by atoms with Crippen LogP contribution in [0, 0.1) is 11.3 Å². The first-order valence-electron chi connectivity index (χ1n) is 18.2.